The molecule has 1 aromatic heterocycles. The van der Waals surface area contributed by atoms with Gasteiger partial charge in [-0.25, -0.2) is 4.98 Å². The molecule has 25 heavy (non-hydrogen) atoms. The molecule has 4 rings (SSSR count). The number of imidazole rings is 1. The Morgan fingerprint density at radius 2 is 1.44 bits per heavy atom. The second-order valence-corrected chi connectivity index (χ2v) is 6.87. The number of likely N-dealkylation sites (tertiary alicyclic amines) is 1. The molecule has 1 saturated heterocycles. The Balaban J connectivity index is 1.56. The number of nitrogens with zero attached hydrogens (tertiary/aromatic N) is 3. The average Bonchev–Trinajstić information content (AvgIpc) is 3.10. The van der Waals surface area contributed by atoms with E-state index >= 15 is 0 Å². The second-order valence-electron chi connectivity index (χ2n) is 6.87. The van der Waals surface area contributed by atoms with E-state index in [1.54, 1.807) is 0 Å². The molecule has 2 heterocycles. The molecule has 0 spiro atoms. The van der Waals surface area contributed by atoms with Crippen molar-refractivity contribution in [2.45, 2.75) is 31.8 Å². The highest BCUT2D eigenvalue weighted by atomic mass is 15.2. The third-order valence-corrected chi connectivity index (χ3v) is 5.35. The molecule has 2 aromatic carbocycles. The van der Waals surface area contributed by atoms with Gasteiger partial charge >= 0.3 is 0 Å². The quantitative estimate of drug-likeness (QED) is 0.695. The number of aromatic nitrogens is 2. The summed E-state index contributed by atoms with van der Waals surface area (Å²) < 4.78 is 2.34. The predicted molar refractivity (Wildman–Crippen MR) is 102 cm³/mol. The van der Waals surface area contributed by atoms with Crippen molar-refractivity contribution < 1.29 is 0 Å². The second kappa shape index (κ2) is 7.24. The van der Waals surface area contributed by atoms with Crippen molar-refractivity contribution in [1.29, 1.82) is 0 Å². The molecule has 0 saturated carbocycles. The zero-order chi connectivity index (χ0) is 17.1. The van der Waals surface area contributed by atoms with Crippen LogP contribution in [0.4, 0.5) is 0 Å². The number of piperidine rings is 1. The number of benzene rings is 2. The van der Waals surface area contributed by atoms with E-state index in [1.807, 2.05) is 6.20 Å². The van der Waals surface area contributed by atoms with Crippen LogP contribution in [0.15, 0.2) is 73.1 Å². The highest BCUT2D eigenvalue weighted by Gasteiger charge is 2.28. The fourth-order valence-corrected chi connectivity index (χ4v) is 4.08. The van der Waals surface area contributed by atoms with Crippen LogP contribution >= 0.6 is 0 Å². The van der Waals surface area contributed by atoms with Crippen molar-refractivity contribution in [2.75, 3.05) is 13.1 Å². The molecule has 1 fully saturated rings. The average molecular weight is 331 g/mol. The SMILES string of the molecule is Cc1nccn1C1CCN(C(c2ccccc2)c2ccccc2)CC1. The van der Waals surface area contributed by atoms with E-state index in [4.69, 9.17) is 0 Å². The lowest BCUT2D eigenvalue weighted by atomic mass is 9.94. The van der Waals surface area contributed by atoms with E-state index in [0.717, 1.165) is 18.9 Å². The van der Waals surface area contributed by atoms with Gasteiger partial charge in [0.15, 0.2) is 0 Å². The molecule has 128 valence electrons. The normalized spacial score (nSPS) is 16.4. The van der Waals surface area contributed by atoms with E-state index in [9.17, 15) is 0 Å². The van der Waals surface area contributed by atoms with Gasteiger partial charge in [-0.3, -0.25) is 4.90 Å². The Bertz CT molecular complexity index is 747. The molecule has 0 atom stereocenters. The highest BCUT2D eigenvalue weighted by molar-refractivity contribution is 5.31. The lowest BCUT2D eigenvalue weighted by Gasteiger charge is -2.38. The fourth-order valence-electron chi connectivity index (χ4n) is 4.08. The third kappa shape index (κ3) is 3.38. The van der Waals surface area contributed by atoms with Crippen molar-refractivity contribution in [3.63, 3.8) is 0 Å². The molecule has 0 radical (unpaired) electrons. The van der Waals surface area contributed by atoms with Gasteiger partial charge < -0.3 is 4.57 Å². The van der Waals surface area contributed by atoms with Gasteiger partial charge in [-0.1, -0.05) is 60.7 Å². The maximum Gasteiger partial charge on any atom is 0.105 e. The smallest absolute Gasteiger partial charge is 0.105 e. The Morgan fingerprint density at radius 3 is 1.92 bits per heavy atom. The number of rotatable bonds is 4. The monoisotopic (exact) mass is 331 g/mol. The first-order valence-corrected chi connectivity index (χ1v) is 9.16. The molecule has 3 nitrogen and oxygen atoms in total. The van der Waals surface area contributed by atoms with Gasteiger partial charge in [0.2, 0.25) is 0 Å². The molecule has 3 aromatic rings. The van der Waals surface area contributed by atoms with Crippen LogP contribution in [0.5, 0.6) is 0 Å². The maximum absolute atomic E-state index is 4.39. The Hall–Kier alpha value is -2.39. The van der Waals surface area contributed by atoms with E-state index in [2.05, 4.69) is 88.2 Å². The van der Waals surface area contributed by atoms with Crippen LogP contribution in [-0.2, 0) is 0 Å². The van der Waals surface area contributed by atoms with Gasteiger partial charge in [0, 0.05) is 31.5 Å². The van der Waals surface area contributed by atoms with Gasteiger partial charge in [-0.2, -0.15) is 0 Å². The lowest BCUT2D eigenvalue weighted by molar-refractivity contribution is 0.152. The van der Waals surface area contributed by atoms with E-state index in [-0.39, 0.29) is 0 Å². The number of aryl methyl sites for hydroxylation is 1. The zero-order valence-corrected chi connectivity index (χ0v) is 14.8. The minimum absolute atomic E-state index is 0.340. The van der Waals surface area contributed by atoms with E-state index in [0.29, 0.717) is 12.1 Å². The van der Waals surface area contributed by atoms with E-state index in [1.165, 1.54) is 24.0 Å². The first kappa shape index (κ1) is 16.1. The highest BCUT2D eigenvalue weighted by Crippen LogP contribution is 2.33. The molecule has 0 aliphatic carbocycles. The molecule has 0 N–H and O–H groups in total. The van der Waals surface area contributed by atoms with Gasteiger partial charge in [0.1, 0.15) is 5.82 Å². The number of hydrogen-bond donors (Lipinski definition) is 0. The fraction of sp³-hybridized carbons (Fsp3) is 0.318. The summed E-state index contributed by atoms with van der Waals surface area (Å²) >= 11 is 0. The van der Waals surface area contributed by atoms with Gasteiger partial charge in [0.25, 0.3) is 0 Å². The van der Waals surface area contributed by atoms with Gasteiger partial charge in [-0.15, -0.1) is 0 Å². The minimum Gasteiger partial charge on any atom is -0.332 e. The summed E-state index contributed by atoms with van der Waals surface area (Å²) in [7, 11) is 0. The van der Waals surface area contributed by atoms with Gasteiger partial charge in [0.05, 0.1) is 6.04 Å². The Kier molecular flexibility index (Phi) is 4.66. The Morgan fingerprint density at radius 1 is 0.880 bits per heavy atom. The summed E-state index contributed by atoms with van der Waals surface area (Å²) in [4.78, 5) is 7.02. The molecule has 3 heteroatoms. The lowest BCUT2D eigenvalue weighted by Crippen LogP contribution is -2.38. The van der Waals surface area contributed by atoms with Crippen LogP contribution in [0.1, 0.15) is 41.9 Å². The standard InChI is InChI=1S/C22H25N3/c1-18-23-14-17-25(18)21-12-15-24(16-13-21)22(19-8-4-2-5-9-19)20-10-6-3-7-11-20/h2-11,14,17,21-22H,12-13,15-16H2,1H3. The molecule has 1 aliphatic heterocycles. The largest absolute Gasteiger partial charge is 0.332 e. The summed E-state index contributed by atoms with van der Waals surface area (Å²) in [5, 5.41) is 0. The Labute approximate surface area is 149 Å². The molecule has 0 unspecified atom stereocenters. The first-order chi connectivity index (χ1) is 12.3. The molecular weight excluding hydrogens is 306 g/mol. The van der Waals surface area contributed by atoms with Crippen molar-refractivity contribution in [2.24, 2.45) is 0 Å². The van der Waals surface area contributed by atoms with Gasteiger partial charge in [-0.05, 0) is 30.9 Å². The number of hydrogen-bond acceptors (Lipinski definition) is 2. The molecular formula is C22H25N3. The van der Waals surface area contributed by atoms with Crippen molar-refractivity contribution in [1.82, 2.24) is 14.5 Å². The third-order valence-electron chi connectivity index (χ3n) is 5.35. The van der Waals surface area contributed by atoms with Crippen molar-refractivity contribution in [3.05, 3.63) is 90.0 Å². The zero-order valence-electron chi connectivity index (χ0n) is 14.8. The molecule has 0 amide bonds. The summed E-state index contributed by atoms with van der Waals surface area (Å²) in [5.74, 6) is 1.13. The van der Waals surface area contributed by atoms with Crippen LogP contribution in [0, 0.1) is 6.92 Å². The minimum atomic E-state index is 0.340. The molecule has 1 aliphatic rings. The van der Waals surface area contributed by atoms with E-state index < -0.39 is 0 Å². The van der Waals surface area contributed by atoms with Crippen LogP contribution in [0.3, 0.4) is 0 Å². The topological polar surface area (TPSA) is 21.1 Å². The maximum atomic E-state index is 4.39. The van der Waals surface area contributed by atoms with Crippen LogP contribution in [0.2, 0.25) is 0 Å². The first-order valence-electron chi connectivity index (χ1n) is 9.16. The van der Waals surface area contributed by atoms with Crippen molar-refractivity contribution >= 4 is 0 Å². The summed E-state index contributed by atoms with van der Waals surface area (Å²) in [6.07, 6.45) is 6.39. The summed E-state index contributed by atoms with van der Waals surface area (Å²) in [5.41, 5.74) is 2.76. The van der Waals surface area contributed by atoms with Crippen molar-refractivity contribution in [3.8, 4) is 0 Å². The summed E-state index contributed by atoms with van der Waals surface area (Å²) in [6.45, 7) is 4.32. The summed E-state index contributed by atoms with van der Waals surface area (Å²) in [6, 6.07) is 22.7. The van der Waals surface area contributed by atoms with Crippen LogP contribution < -0.4 is 0 Å². The predicted octanol–water partition coefficient (Wildman–Crippen LogP) is 4.62. The van der Waals surface area contributed by atoms with Crippen LogP contribution in [0.25, 0.3) is 0 Å². The van der Waals surface area contributed by atoms with Crippen LogP contribution in [-0.4, -0.2) is 27.5 Å². The molecule has 0 bridgehead atoms.